The van der Waals surface area contributed by atoms with Crippen LogP contribution in [0, 0.1) is 0 Å². The first-order chi connectivity index (χ1) is 20.2. The van der Waals surface area contributed by atoms with Crippen molar-refractivity contribution in [3.63, 3.8) is 0 Å². The molecule has 2 radical (unpaired) electrons. The Bertz CT molecular complexity index is 1790. The van der Waals surface area contributed by atoms with Gasteiger partial charge in [0.05, 0.1) is 35.0 Å². The summed E-state index contributed by atoms with van der Waals surface area (Å²) in [5, 5.41) is 2.32. The standard InChI is InChI=1S/C33H35BN6O2/c1-33(2,3)42-32(41)39-14-4-6-28(39)30-35-19-27(38-30)24-11-10-20-16-21(8-9-22(20)17-24)23-12-13-25-26(18-23)37-31(36-25)29-7-5-15-40(29)34/h8-13,16-19,28-29H,4-7,14-15H2,1-3H3,(H,35,38)(H,36,37)/t28-,29-/m0/s1. The molecule has 2 atom stereocenters. The van der Waals surface area contributed by atoms with Crippen LogP contribution in [0.25, 0.3) is 44.2 Å². The van der Waals surface area contributed by atoms with Crippen LogP contribution in [0.3, 0.4) is 0 Å². The summed E-state index contributed by atoms with van der Waals surface area (Å²) in [7, 11) is 6.17. The highest BCUT2D eigenvalue weighted by Crippen LogP contribution is 2.35. The molecule has 5 aromatic rings. The molecule has 0 unspecified atom stereocenters. The summed E-state index contributed by atoms with van der Waals surface area (Å²) in [5.41, 5.74) is 5.76. The molecule has 7 rings (SSSR count). The maximum Gasteiger partial charge on any atom is 0.410 e. The molecule has 0 bridgehead atoms. The predicted molar refractivity (Wildman–Crippen MR) is 166 cm³/mol. The van der Waals surface area contributed by atoms with Crippen molar-refractivity contribution in [3.8, 4) is 22.4 Å². The number of nitrogens with one attached hydrogen (secondary N) is 2. The first-order valence-corrected chi connectivity index (χ1v) is 14.8. The SMILES string of the molecule is [B]N1CCC[C@H]1c1nc2ccc(-c3ccc4cc(-c5cnc([C@@H]6CCCN6C(=O)OC(C)(C)C)[nH]5)ccc4c3)cc2[nH]1. The van der Waals surface area contributed by atoms with Crippen LogP contribution in [0.5, 0.6) is 0 Å². The number of H-pyrrole nitrogens is 2. The normalized spacial score (nSPS) is 19.7. The Morgan fingerprint density at radius 1 is 0.881 bits per heavy atom. The van der Waals surface area contributed by atoms with E-state index in [1.54, 1.807) is 4.90 Å². The van der Waals surface area contributed by atoms with Gasteiger partial charge in [-0.2, -0.15) is 0 Å². The van der Waals surface area contributed by atoms with E-state index in [2.05, 4.69) is 69.5 Å². The second-order valence-corrected chi connectivity index (χ2v) is 12.5. The van der Waals surface area contributed by atoms with Gasteiger partial charge in [0.1, 0.15) is 17.2 Å². The number of hydrogen-bond donors (Lipinski definition) is 2. The van der Waals surface area contributed by atoms with Gasteiger partial charge >= 0.3 is 6.09 Å². The lowest BCUT2D eigenvalue weighted by Crippen LogP contribution is -2.36. The number of fused-ring (bicyclic) bond motifs is 2. The Morgan fingerprint density at radius 3 is 2.33 bits per heavy atom. The minimum atomic E-state index is -0.527. The lowest BCUT2D eigenvalue weighted by atomic mass is 9.99. The van der Waals surface area contributed by atoms with E-state index in [1.807, 2.05) is 31.8 Å². The molecule has 9 heteroatoms. The van der Waals surface area contributed by atoms with Crippen LogP contribution in [-0.4, -0.2) is 62.4 Å². The third kappa shape index (κ3) is 5.06. The summed E-state index contributed by atoms with van der Waals surface area (Å²) in [6.07, 6.45) is 5.49. The third-order valence-electron chi connectivity index (χ3n) is 8.39. The van der Waals surface area contributed by atoms with Crippen LogP contribution >= 0.6 is 0 Å². The Labute approximate surface area is 246 Å². The van der Waals surface area contributed by atoms with E-state index >= 15 is 0 Å². The minimum Gasteiger partial charge on any atom is -0.444 e. The van der Waals surface area contributed by atoms with E-state index in [-0.39, 0.29) is 18.2 Å². The number of aromatic nitrogens is 4. The van der Waals surface area contributed by atoms with E-state index in [4.69, 9.17) is 17.7 Å². The van der Waals surface area contributed by atoms with Crippen molar-refractivity contribution in [2.75, 3.05) is 13.1 Å². The molecule has 0 saturated carbocycles. The lowest BCUT2D eigenvalue weighted by Gasteiger charge is -2.27. The van der Waals surface area contributed by atoms with E-state index in [9.17, 15) is 4.79 Å². The number of hydrogen-bond acceptors (Lipinski definition) is 5. The number of rotatable bonds is 4. The number of imidazole rings is 2. The Kier molecular flexibility index (Phi) is 6.57. The molecule has 2 fully saturated rings. The van der Waals surface area contributed by atoms with Gasteiger partial charge in [0.2, 0.25) is 0 Å². The van der Waals surface area contributed by atoms with Gasteiger partial charge < -0.3 is 19.5 Å². The van der Waals surface area contributed by atoms with Crippen LogP contribution in [0.4, 0.5) is 4.79 Å². The Hall–Kier alpha value is -4.11. The molecule has 1 amide bonds. The number of nitrogens with zero attached hydrogens (tertiary/aromatic N) is 4. The van der Waals surface area contributed by atoms with Gasteiger partial charge in [-0.1, -0.05) is 30.3 Å². The number of amides is 1. The maximum absolute atomic E-state index is 12.8. The number of aromatic amines is 2. The maximum atomic E-state index is 12.8. The van der Waals surface area contributed by atoms with Gasteiger partial charge in [-0.3, -0.25) is 4.90 Å². The van der Waals surface area contributed by atoms with Crippen molar-refractivity contribution >= 4 is 35.9 Å². The highest BCUT2D eigenvalue weighted by molar-refractivity contribution is 6.04. The summed E-state index contributed by atoms with van der Waals surface area (Å²) in [4.78, 5) is 32.9. The number of likely N-dealkylation sites (tertiary alicyclic amines) is 1. The fraction of sp³-hybridized carbons (Fsp3) is 0.364. The van der Waals surface area contributed by atoms with Crippen LogP contribution in [-0.2, 0) is 4.74 Å². The van der Waals surface area contributed by atoms with Gasteiger partial charge in [-0.05, 0) is 99.2 Å². The highest BCUT2D eigenvalue weighted by Gasteiger charge is 2.35. The van der Waals surface area contributed by atoms with Crippen LogP contribution in [0.15, 0.2) is 60.8 Å². The fourth-order valence-corrected chi connectivity index (χ4v) is 6.28. The fourth-order valence-electron chi connectivity index (χ4n) is 6.28. The van der Waals surface area contributed by atoms with Crippen molar-refractivity contribution in [2.45, 2.75) is 64.1 Å². The van der Waals surface area contributed by atoms with Crippen LogP contribution in [0.1, 0.15) is 70.2 Å². The molecule has 2 saturated heterocycles. The van der Waals surface area contributed by atoms with E-state index in [1.165, 1.54) is 0 Å². The molecular formula is C33H35BN6O2. The van der Waals surface area contributed by atoms with Gasteiger partial charge in [0.25, 0.3) is 0 Å². The lowest BCUT2D eigenvalue weighted by molar-refractivity contribution is 0.0218. The molecule has 0 spiro atoms. The van der Waals surface area contributed by atoms with Crippen LogP contribution < -0.4 is 0 Å². The second kappa shape index (κ2) is 10.3. The first kappa shape index (κ1) is 26.8. The molecule has 2 aliphatic rings. The van der Waals surface area contributed by atoms with E-state index < -0.39 is 5.60 Å². The second-order valence-electron chi connectivity index (χ2n) is 12.5. The Balaban J connectivity index is 1.12. The number of carbonyl (C=O) groups excluding carboxylic acids is 1. The van der Waals surface area contributed by atoms with Gasteiger partial charge in [0, 0.05) is 12.1 Å². The molecule has 0 aliphatic carbocycles. The van der Waals surface area contributed by atoms with Crippen molar-refractivity contribution in [1.29, 1.82) is 0 Å². The molecule has 4 heterocycles. The van der Waals surface area contributed by atoms with E-state index in [0.29, 0.717) is 6.54 Å². The molecule has 2 N–H and O–H groups in total. The van der Waals surface area contributed by atoms with Gasteiger partial charge in [0.15, 0.2) is 7.98 Å². The smallest absolute Gasteiger partial charge is 0.410 e. The summed E-state index contributed by atoms with van der Waals surface area (Å²) in [5.74, 6) is 1.74. The number of carbonyl (C=O) groups is 1. The van der Waals surface area contributed by atoms with Gasteiger partial charge in [-0.25, -0.2) is 14.8 Å². The Morgan fingerprint density at radius 2 is 1.57 bits per heavy atom. The molecule has 212 valence electrons. The predicted octanol–water partition coefficient (Wildman–Crippen LogP) is 7.07. The highest BCUT2D eigenvalue weighted by atomic mass is 16.6. The monoisotopic (exact) mass is 558 g/mol. The van der Waals surface area contributed by atoms with Crippen molar-refractivity contribution in [3.05, 3.63) is 72.4 Å². The summed E-state index contributed by atoms with van der Waals surface area (Å²) in [6, 6.07) is 19.5. The summed E-state index contributed by atoms with van der Waals surface area (Å²) >= 11 is 0. The quantitative estimate of drug-likeness (QED) is 0.231. The zero-order chi connectivity index (χ0) is 29.0. The van der Waals surface area contributed by atoms with E-state index in [0.717, 1.165) is 88.1 Å². The largest absolute Gasteiger partial charge is 0.444 e. The number of ether oxygens (including phenoxy) is 1. The molecule has 8 nitrogen and oxygen atoms in total. The first-order valence-electron chi connectivity index (χ1n) is 14.8. The zero-order valence-electron chi connectivity index (χ0n) is 24.4. The molecule has 3 aromatic carbocycles. The third-order valence-corrected chi connectivity index (χ3v) is 8.39. The summed E-state index contributed by atoms with van der Waals surface area (Å²) < 4.78 is 5.64. The zero-order valence-corrected chi connectivity index (χ0v) is 24.4. The van der Waals surface area contributed by atoms with Gasteiger partial charge in [-0.15, -0.1) is 0 Å². The van der Waals surface area contributed by atoms with Crippen molar-refractivity contribution in [1.82, 2.24) is 29.6 Å². The average Bonchev–Trinajstić information content (AvgIpc) is 3.76. The van der Waals surface area contributed by atoms with Crippen molar-refractivity contribution in [2.24, 2.45) is 0 Å². The topological polar surface area (TPSA) is 90.1 Å². The minimum absolute atomic E-state index is 0.104. The van der Waals surface area contributed by atoms with Crippen LogP contribution in [0.2, 0.25) is 0 Å². The molecular weight excluding hydrogens is 523 g/mol. The number of benzene rings is 3. The molecule has 2 aliphatic heterocycles. The summed E-state index contributed by atoms with van der Waals surface area (Å²) in [6.45, 7) is 7.25. The average molecular weight is 558 g/mol. The van der Waals surface area contributed by atoms with Crippen molar-refractivity contribution < 1.29 is 9.53 Å². The molecule has 2 aromatic heterocycles. The molecule has 42 heavy (non-hydrogen) atoms.